The van der Waals surface area contributed by atoms with Crippen LogP contribution in [0.5, 0.6) is 0 Å². The number of alkyl halides is 2. The molecular weight excluding hydrogens is 599 g/mol. The predicted octanol–water partition coefficient (Wildman–Crippen LogP) is 6.33. The minimum atomic E-state index is -1.29. The highest BCUT2D eigenvalue weighted by Gasteiger charge is 2.73. The summed E-state index contributed by atoms with van der Waals surface area (Å²) >= 11 is 24.5. The van der Waals surface area contributed by atoms with Gasteiger partial charge in [-0.25, -0.2) is 0 Å². The Bertz CT molecular complexity index is 1420. The molecule has 9 heteroatoms. The highest BCUT2D eigenvalue weighted by atomic mass is 79.9. The van der Waals surface area contributed by atoms with Crippen LogP contribution in [0.4, 0.5) is 5.69 Å². The van der Waals surface area contributed by atoms with E-state index in [0.29, 0.717) is 37.4 Å². The summed E-state index contributed by atoms with van der Waals surface area (Å²) in [5.74, 6) is -3.44. The molecule has 1 fully saturated rings. The Hall–Kier alpha value is -2.38. The lowest BCUT2D eigenvalue weighted by molar-refractivity contribution is -0.146. The van der Waals surface area contributed by atoms with Crippen molar-refractivity contribution >= 4 is 74.1 Å². The number of carbonyl (C=O) groups is 3. The van der Waals surface area contributed by atoms with Crippen LogP contribution in [0.2, 0.25) is 5.02 Å². The topological polar surface area (TPSA) is 66.5 Å². The minimum Gasteiger partial charge on any atom is -0.324 e. The smallest absolute Gasteiger partial charge is 0.247 e. The van der Waals surface area contributed by atoms with Crippen LogP contribution in [0.15, 0.2) is 65.1 Å². The van der Waals surface area contributed by atoms with Gasteiger partial charge in [-0.05, 0) is 69.7 Å². The first kappa shape index (κ1) is 24.9. The van der Waals surface area contributed by atoms with Crippen LogP contribution in [0, 0.1) is 18.8 Å². The van der Waals surface area contributed by atoms with Crippen molar-refractivity contribution in [1.82, 2.24) is 4.90 Å². The third kappa shape index (κ3) is 3.13. The van der Waals surface area contributed by atoms with Gasteiger partial charge in [0.15, 0.2) is 0 Å². The van der Waals surface area contributed by atoms with Crippen molar-refractivity contribution in [2.45, 2.75) is 29.6 Å². The van der Waals surface area contributed by atoms with Crippen molar-refractivity contribution in [3.63, 3.8) is 0 Å². The number of amides is 3. The summed E-state index contributed by atoms with van der Waals surface area (Å²) in [7, 11) is 0. The van der Waals surface area contributed by atoms with E-state index in [2.05, 4.69) is 21.2 Å². The standard InChI is InChI=1S/C28H20BrCl3N2O3/c1-13-11-19(29)20(30)12-21(13)33-24(35)14(2)34-25(36)22-23(26(34)37)28(32)16-8-4-3-7-15(16)27(22,31)17-9-5-6-10-18(17)28/h3-12,14,22-23H,1-2H3,(H,33,35)/t14-,22+,23+,27?,28?/m0/s1. The van der Waals surface area contributed by atoms with Gasteiger partial charge in [0, 0.05) is 10.2 Å². The number of aryl methyl sites for hydroxylation is 1. The Labute approximate surface area is 237 Å². The number of imide groups is 1. The first-order valence-corrected chi connectivity index (χ1v) is 13.7. The van der Waals surface area contributed by atoms with Gasteiger partial charge in [0.1, 0.15) is 15.8 Å². The van der Waals surface area contributed by atoms with Gasteiger partial charge >= 0.3 is 0 Å². The average molecular weight is 619 g/mol. The van der Waals surface area contributed by atoms with Gasteiger partial charge in [-0.15, -0.1) is 23.2 Å². The first-order valence-electron chi connectivity index (χ1n) is 11.7. The van der Waals surface area contributed by atoms with Gasteiger partial charge in [-0.2, -0.15) is 0 Å². The van der Waals surface area contributed by atoms with Crippen molar-refractivity contribution < 1.29 is 14.4 Å². The molecule has 1 N–H and O–H groups in total. The predicted molar refractivity (Wildman–Crippen MR) is 147 cm³/mol. The van der Waals surface area contributed by atoms with Crippen LogP contribution in [0.3, 0.4) is 0 Å². The molecule has 7 rings (SSSR count). The maximum Gasteiger partial charge on any atom is 0.247 e. The first-order chi connectivity index (χ1) is 17.5. The molecule has 3 amide bonds. The number of carbonyl (C=O) groups excluding carboxylic acids is 3. The molecule has 5 nitrogen and oxygen atoms in total. The van der Waals surface area contributed by atoms with Crippen molar-refractivity contribution in [1.29, 1.82) is 0 Å². The fraction of sp³-hybridized carbons (Fsp3) is 0.250. The molecule has 3 atom stereocenters. The third-order valence-corrected chi connectivity index (χ3v) is 10.4. The molecule has 1 saturated heterocycles. The zero-order valence-electron chi connectivity index (χ0n) is 19.7. The van der Waals surface area contributed by atoms with E-state index in [1.165, 1.54) is 6.92 Å². The van der Waals surface area contributed by atoms with Crippen molar-refractivity contribution in [2.24, 2.45) is 11.8 Å². The molecule has 2 bridgehead atoms. The lowest BCUT2D eigenvalue weighted by Crippen LogP contribution is -2.57. The molecule has 188 valence electrons. The zero-order chi connectivity index (χ0) is 26.4. The van der Waals surface area contributed by atoms with Crippen molar-refractivity contribution in [3.05, 3.63) is 98.0 Å². The molecule has 0 saturated carbocycles. The summed E-state index contributed by atoms with van der Waals surface area (Å²) in [5.41, 5.74) is 4.12. The molecule has 3 aromatic carbocycles. The Morgan fingerprint density at radius 1 is 0.919 bits per heavy atom. The van der Waals surface area contributed by atoms with Gasteiger partial charge in [-0.3, -0.25) is 19.3 Å². The third-order valence-electron chi connectivity index (χ3n) is 7.91. The van der Waals surface area contributed by atoms with Gasteiger partial charge < -0.3 is 5.32 Å². The van der Waals surface area contributed by atoms with E-state index in [4.69, 9.17) is 34.8 Å². The lowest BCUT2D eigenvalue weighted by Gasteiger charge is -2.54. The summed E-state index contributed by atoms with van der Waals surface area (Å²) < 4.78 is 0.695. The van der Waals surface area contributed by atoms with Crippen molar-refractivity contribution in [2.75, 3.05) is 5.32 Å². The van der Waals surface area contributed by atoms with E-state index in [1.54, 1.807) is 12.1 Å². The van der Waals surface area contributed by atoms with Crippen LogP contribution in [0.25, 0.3) is 0 Å². The number of anilines is 1. The fourth-order valence-electron chi connectivity index (χ4n) is 6.21. The van der Waals surface area contributed by atoms with Gasteiger partial charge in [0.05, 0.1) is 16.9 Å². The lowest BCUT2D eigenvalue weighted by atomic mass is 9.54. The number of halogens is 4. The number of likely N-dealkylation sites (tertiary alicyclic amines) is 1. The second-order valence-electron chi connectivity index (χ2n) is 9.76. The van der Waals surface area contributed by atoms with Crippen molar-refractivity contribution in [3.8, 4) is 0 Å². The summed E-state index contributed by atoms with van der Waals surface area (Å²) in [6.07, 6.45) is 0. The molecule has 4 aliphatic rings. The van der Waals surface area contributed by atoms with Crippen LogP contribution in [-0.2, 0) is 24.1 Å². The minimum absolute atomic E-state index is 0.424. The number of rotatable bonds is 3. The molecule has 1 heterocycles. The molecular formula is C28H20BrCl3N2O3. The number of benzene rings is 3. The molecule has 0 aromatic heterocycles. The molecule has 3 aromatic rings. The van der Waals surface area contributed by atoms with E-state index in [1.807, 2.05) is 55.5 Å². The monoisotopic (exact) mass is 616 g/mol. The van der Waals surface area contributed by atoms with E-state index in [9.17, 15) is 14.4 Å². The van der Waals surface area contributed by atoms with E-state index in [0.717, 1.165) is 10.5 Å². The SMILES string of the molecule is Cc1cc(Br)c(Cl)cc1NC(=O)[C@H](C)N1C(=O)[C@H]2[C@H](C1=O)C1(Cl)c3ccccc3C2(Cl)c2ccccc21. The molecule has 0 spiro atoms. The number of hydrogen-bond acceptors (Lipinski definition) is 3. The summed E-state index contributed by atoms with van der Waals surface area (Å²) in [4.78, 5) is 39.8. The quantitative estimate of drug-likeness (QED) is 0.276. The Kier molecular flexibility index (Phi) is 5.60. The maximum absolute atomic E-state index is 14.0. The Morgan fingerprint density at radius 2 is 1.35 bits per heavy atom. The van der Waals surface area contributed by atoms with Gasteiger partial charge in [0.25, 0.3) is 0 Å². The van der Waals surface area contributed by atoms with Crippen LogP contribution < -0.4 is 5.32 Å². The van der Waals surface area contributed by atoms with Crippen LogP contribution >= 0.6 is 50.7 Å². The number of hydrogen-bond donors (Lipinski definition) is 1. The van der Waals surface area contributed by atoms with E-state index < -0.39 is 45.3 Å². The summed E-state index contributed by atoms with van der Waals surface area (Å²) in [5, 5.41) is 3.24. The van der Waals surface area contributed by atoms with Crippen LogP contribution in [-0.4, -0.2) is 28.7 Å². The zero-order valence-corrected chi connectivity index (χ0v) is 23.5. The largest absolute Gasteiger partial charge is 0.324 e. The fourth-order valence-corrected chi connectivity index (χ4v) is 7.93. The molecule has 37 heavy (non-hydrogen) atoms. The van der Waals surface area contributed by atoms with Gasteiger partial charge in [-0.1, -0.05) is 60.1 Å². The molecule has 3 aliphatic carbocycles. The van der Waals surface area contributed by atoms with Gasteiger partial charge in [0.2, 0.25) is 17.7 Å². The molecule has 0 unspecified atom stereocenters. The summed E-state index contributed by atoms with van der Waals surface area (Å²) in [6.45, 7) is 3.35. The average Bonchev–Trinajstić information content (AvgIpc) is 3.16. The Morgan fingerprint density at radius 3 is 1.78 bits per heavy atom. The Balaban J connectivity index is 1.43. The van der Waals surface area contributed by atoms with E-state index in [-0.39, 0.29) is 0 Å². The summed E-state index contributed by atoms with van der Waals surface area (Å²) in [6, 6.07) is 17.2. The highest BCUT2D eigenvalue weighted by molar-refractivity contribution is 9.10. The number of nitrogens with one attached hydrogen (secondary N) is 1. The second-order valence-corrected chi connectivity index (χ2v) is 12.2. The second kappa shape index (κ2) is 8.31. The normalized spacial score (nSPS) is 28.0. The molecule has 1 aliphatic heterocycles. The number of nitrogens with zero attached hydrogens (tertiary/aromatic N) is 1. The van der Waals surface area contributed by atoms with Crippen LogP contribution in [0.1, 0.15) is 34.7 Å². The highest BCUT2D eigenvalue weighted by Crippen LogP contribution is 2.69. The maximum atomic E-state index is 14.0. The molecule has 0 radical (unpaired) electrons. The van der Waals surface area contributed by atoms with E-state index >= 15 is 0 Å².